The summed E-state index contributed by atoms with van der Waals surface area (Å²) >= 11 is 0. The molecule has 0 aromatic heterocycles. The molecule has 0 bridgehead atoms. The number of fused-ring (bicyclic) bond motifs is 4. The van der Waals surface area contributed by atoms with Crippen molar-refractivity contribution in [3.8, 4) is 11.1 Å². The number of hydrogen-bond donors (Lipinski definition) is 3. The smallest absolute Gasteiger partial charge is 0.407 e. The van der Waals surface area contributed by atoms with Crippen LogP contribution in [0.1, 0.15) is 62.5 Å². The van der Waals surface area contributed by atoms with E-state index in [4.69, 9.17) is 9.47 Å². The van der Waals surface area contributed by atoms with Crippen LogP contribution < -0.4 is 10.6 Å². The molecule has 0 saturated carbocycles. The second-order valence-corrected chi connectivity index (χ2v) is 11.8. The summed E-state index contributed by atoms with van der Waals surface area (Å²) in [6, 6.07) is 14.6. The van der Waals surface area contributed by atoms with Crippen molar-refractivity contribution >= 4 is 23.9 Å². The van der Waals surface area contributed by atoms with Crippen LogP contribution >= 0.6 is 0 Å². The van der Waals surface area contributed by atoms with Crippen molar-refractivity contribution in [2.75, 3.05) is 26.4 Å². The van der Waals surface area contributed by atoms with Crippen LogP contribution in [-0.4, -0.2) is 78.4 Å². The fraction of sp³-hybridized carbons (Fsp3) is 0.471. The molecule has 5 rings (SSSR count). The van der Waals surface area contributed by atoms with Gasteiger partial charge >= 0.3 is 12.1 Å². The molecule has 0 spiro atoms. The van der Waals surface area contributed by atoms with Crippen LogP contribution in [0.3, 0.4) is 0 Å². The average Bonchev–Trinajstić information content (AvgIpc) is 3.63. The molecule has 3 amide bonds. The minimum absolute atomic E-state index is 0.00247. The van der Waals surface area contributed by atoms with Gasteiger partial charge < -0.3 is 30.1 Å². The van der Waals surface area contributed by atoms with Crippen LogP contribution in [0.4, 0.5) is 4.79 Å². The number of aliphatic hydroxyl groups is 1. The van der Waals surface area contributed by atoms with Crippen molar-refractivity contribution in [2.24, 2.45) is 5.92 Å². The van der Waals surface area contributed by atoms with E-state index in [0.29, 0.717) is 32.2 Å². The highest BCUT2D eigenvalue weighted by Gasteiger charge is 2.36. The summed E-state index contributed by atoms with van der Waals surface area (Å²) in [6.45, 7) is 2.18. The van der Waals surface area contributed by atoms with Gasteiger partial charge in [0, 0.05) is 24.9 Å². The molecule has 3 N–H and O–H groups in total. The third kappa shape index (κ3) is 7.30. The topological polar surface area (TPSA) is 134 Å². The normalized spacial score (nSPS) is 22.8. The highest BCUT2D eigenvalue weighted by Crippen LogP contribution is 2.44. The summed E-state index contributed by atoms with van der Waals surface area (Å²) in [4.78, 5) is 53.9. The number of nitrogens with one attached hydrogen (secondary N) is 2. The van der Waals surface area contributed by atoms with E-state index in [1.54, 1.807) is 11.8 Å². The van der Waals surface area contributed by atoms with Gasteiger partial charge in [0.1, 0.15) is 19.3 Å². The summed E-state index contributed by atoms with van der Waals surface area (Å²) in [7, 11) is 0. The Hall–Kier alpha value is -4.18. The average molecular weight is 604 g/mol. The molecule has 0 radical (unpaired) electrons. The fourth-order valence-corrected chi connectivity index (χ4v) is 6.36. The number of esters is 1. The minimum atomic E-state index is -0.914. The minimum Gasteiger partial charge on any atom is -0.462 e. The van der Waals surface area contributed by atoms with Crippen molar-refractivity contribution < 1.29 is 33.8 Å². The summed E-state index contributed by atoms with van der Waals surface area (Å²) in [5.41, 5.74) is 4.46. The Morgan fingerprint density at radius 2 is 1.75 bits per heavy atom. The Balaban J connectivity index is 1.22. The third-order valence-electron chi connectivity index (χ3n) is 8.67. The number of aliphatic hydroxyl groups excluding tert-OH is 1. The molecule has 2 aromatic rings. The number of carbonyl (C=O) groups excluding carboxylic acids is 4. The molecule has 2 aromatic carbocycles. The Bertz CT molecular complexity index is 1350. The molecule has 10 heteroatoms. The number of nitrogens with zero attached hydrogens (tertiary/aromatic N) is 1. The molecule has 1 aliphatic carbocycles. The lowest BCUT2D eigenvalue weighted by atomic mass is 9.97. The largest absolute Gasteiger partial charge is 0.462 e. The first-order valence-electron chi connectivity index (χ1n) is 15.5. The molecule has 3 aliphatic rings. The first kappa shape index (κ1) is 31.3. The molecule has 234 valence electrons. The predicted molar refractivity (Wildman–Crippen MR) is 163 cm³/mol. The molecule has 1 fully saturated rings. The SMILES string of the molecule is C[C@@H](CO)NC(=O)C[C@H]1CC=CCC[C@@H](NC(=O)OCC2c3ccccc3-c3ccccc32)C(=O)OC[C@@H]2CCCN2C1=O. The molecule has 0 unspecified atom stereocenters. The van der Waals surface area contributed by atoms with Crippen molar-refractivity contribution in [3.63, 3.8) is 0 Å². The zero-order valence-electron chi connectivity index (χ0n) is 25.1. The maximum Gasteiger partial charge on any atom is 0.407 e. The number of allylic oxidation sites excluding steroid dienone is 2. The van der Waals surface area contributed by atoms with Crippen molar-refractivity contribution in [2.45, 2.75) is 69.5 Å². The molecule has 2 heterocycles. The number of carbonyl (C=O) groups is 4. The molecule has 4 atom stereocenters. The number of ether oxygens (including phenoxy) is 2. The molecule has 10 nitrogen and oxygen atoms in total. The Morgan fingerprint density at radius 1 is 1.05 bits per heavy atom. The number of amides is 3. The van der Waals surface area contributed by atoms with E-state index >= 15 is 0 Å². The standard InChI is InChI=1S/C34H41N3O7/c1-22(19-38)35-31(39)18-23-10-3-2-4-16-30(33(41)43-20-24-11-9-17-37(24)32(23)40)36-34(42)44-21-29-27-14-7-5-12-25(27)26-13-6-8-15-28(26)29/h2-3,5-8,12-15,22-24,29-30,38H,4,9-11,16-21H2,1H3,(H,35,39)(H,36,42)/t22-,23+,24-,30+/m0/s1. The monoisotopic (exact) mass is 603 g/mol. The van der Waals surface area contributed by atoms with Gasteiger partial charge in [0.25, 0.3) is 0 Å². The van der Waals surface area contributed by atoms with E-state index in [9.17, 15) is 24.3 Å². The van der Waals surface area contributed by atoms with Crippen LogP contribution in [0.25, 0.3) is 11.1 Å². The summed E-state index contributed by atoms with van der Waals surface area (Å²) in [5.74, 6) is -1.68. The Kier molecular flexibility index (Phi) is 10.3. The fourth-order valence-electron chi connectivity index (χ4n) is 6.36. The van der Waals surface area contributed by atoms with Gasteiger partial charge in [-0.2, -0.15) is 0 Å². The predicted octanol–water partition coefficient (Wildman–Crippen LogP) is 3.67. The van der Waals surface area contributed by atoms with Crippen LogP contribution in [0.2, 0.25) is 0 Å². The second-order valence-electron chi connectivity index (χ2n) is 11.8. The highest BCUT2D eigenvalue weighted by atomic mass is 16.6. The zero-order chi connectivity index (χ0) is 31.1. The molecule has 1 saturated heterocycles. The van der Waals surface area contributed by atoms with E-state index in [1.807, 2.05) is 48.6 Å². The number of cyclic esters (lactones) is 1. The van der Waals surface area contributed by atoms with Crippen molar-refractivity contribution in [1.82, 2.24) is 15.5 Å². The first-order valence-corrected chi connectivity index (χ1v) is 15.5. The van der Waals surface area contributed by atoms with Gasteiger partial charge in [-0.25, -0.2) is 9.59 Å². The van der Waals surface area contributed by atoms with E-state index in [-0.39, 0.29) is 50.0 Å². The van der Waals surface area contributed by atoms with E-state index in [1.165, 1.54) is 0 Å². The van der Waals surface area contributed by atoms with Gasteiger partial charge in [0.15, 0.2) is 0 Å². The highest BCUT2D eigenvalue weighted by molar-refractivity contribution is 5.86. The van der Waals surface area contributed by atoms with Crippen LogP contribution in [0, 0.1) is 5.92 Å². The third-order valence-corrected chi connectivity index (χ3v) is 8.67. The molecular formula is C34H41N3O7. The second kappa shape index (κ2) is 14.5. The lowest BCUT2D eigenvalue weighted by Gasteiger charge is -2.28. The number of benzene rings is 2. The number of hydrogen-bond acceptors (Lipinski definition) is 7. The maximum atomic E-state index is 13.5. The van der Waals surface area contributed by atoms with E-state index < -0.39 is 30.1 Å². The van der Waals surface area contributed by atoms with E-state index in [0.717, 1.165) is 28.7 Å². The number of alkyl carbamates (subject to hydrolysis) is 1. The lowest BCUT2D eigenvalue weighted by molar-refractivity contribution is -0.150. The van der Waals surface area contributed by atoms with Gasteiger partial charge in [-0.05, 0) is 61.3 Å². The number of rotatable bonds is 7. The van der Waals surface area contributed by atoms with Crippen LogP contribution in [-0.2, 0) is 23.9 Å². The van der Waals surface area contributed by atoms with Crippen LogP contribution in [0.5, 0.6) is 0 Å². The van der Waals surface area contributed by atoms with Gasteiger partial charge in [0.2, 0.25) is 11.8 Å². The lowest BCUT2D eigenvalue weighted by Crippen LogP contribution is -2.46. The zero-order valence-corrected chi connectivity index (χ0v) is 25.1. The van der Waals surface area contributed by atoms with Crippen molar-refractivity contribution in [1.29, 1.82) is 0 Å². The summed E-state index contributed by atoms with van der Waals surface area (Å²) < 4.78 is 11.3. The molecule has 44 heavy (non-hydrogen) atoms. The summed E-state index contributed by atoms with van der Waals surface area (Å²) in [5, 5.41) is 14.7. The van der Waals surface area contributed by atoms with Gasteiger partial charge in [-0.1, -0.05) is 60.7 Å². The summed E-state index contributed by atoms with van der Waals surface area (Å²) in [6.07, 6.45) is 5.57. The Labute approximate surface area is 257 Å². The van der Waals surface area contributed by atoms with Gasteiger partial charge in [0.05, 0.1) is 18.6 Å². The first-order chi connectivity index (χ1) is 21.4. The quantitative estimate of drug-likeness (QED) is 0.325. The Morgan fingerprint density at radius 3 is 2.45 bits per heavy atom. The van der Waals surface area contributed by atoms with Crippen molar-refractivity contribution in [3.05, 3.63) is 71.8 Å². The van der Waals surface area contributed by atoms with E-state index in [2.05, 4.69) is 22.8 Å². The van der Waals surface area contributed by atoms with Gasteiger partial charge in [-0.3, -0.25) is 9.59 Å². The maximum absolute atomic E-state index is 13.5. The van der Waals surface area contributed by atoms with Gasteiger partial charge in [-0.15, -0.1) is 0 Å². The van der Waals surface area contributed by atoms with Crippen LogP contribution in [0.15, 0.2) is 60.7 Å². The molecule has 2 aliphatic heterocycles. The molecular weight excluding hydrogens is 562 g/mol.